The summed E-state index contributed by atoms with van der Waals surface area (Å²) < 4.78 is 0. The third-order valence-electron chi connectivity index (χ3n) is 3.03. The van der Waals surface area contributed by atoms with Crippen LogP contribution in [0.25, 0.3) is 0 Å². The Hall–Kier alpha value is -1.84. The molecule has 0 saturated heterocycles. The molecule has 0 spiro atoms. The van der Waals surface area contributed by atoms with E-state index in [1.807, 2.05) is 31.2 Å². The fourth-order valence-corrected chi connectivity index (χ4v) is 1.80. The van der Waals surface area contributed by atoms with Crippen LogP contribution in [0.4, 0.5) is 0 Å². The van der Waals surface area contributed by atoms with E-state index in [2.05, 4.69) is 17.6 Å². The van der Waals surface area contributed by atoms with E-state index in [1.165, 1.54) is 5.56 Å². The standard InChI is InChI=1S/C16H24N2O2/c1-3-4-5-10-17-16(20)12-18-15(19)11-14-8-6-13(2)7-9-14/h6-9H,3-5,10-12H2,1-2H3,(H,17,20)(H,18,19). The molecule has 4 nitrogen and oxygen atoms in total. The molecule has 0 unspecified atom stereocenters. The van der Waals surface area contributed by atoms with Gasteiger partial charge in [0, 0.05) is 6.54 Å². The molecule has 2 N–H and O–H groups in total. The van der Waals surface area contributed by atoms with Crippen molar-refractivity contribution >= 4 is 11.8 Å². The quantitative estimate of drug-likeness (QED) is 0.713. The molecule has 0 radical (unpaired) electrons. The van der Waals surface area contributed by atoms with Gasteiger partial charge >= 0.3 is 0 Å². The molecule has 1 aromatic rings. The number of carbonyl (C=O) groups is 2. The Bertz CT molecular complexity index is 427. The number of nitrogens with one attached hydrogen (secondary N) is 2. The predicted molar refractivity (Wildman–Crippen MR) is 80.4 cm³/mol. The van der Waals surface area contributed by atoms with Crippen molar-refractivity contribution in [1.29, 1.82) is 0 Å². The minimum absolute atomic E-state index is 0.0524. The molecular weight excluding hydrogens is 252 g/mol. The fourth-order valence-electron chi connectivity index (χ4n) is 1.80. The molecule has 0 saturated carbocycles. The van der Waals surface area contributed by atoms with Crippen LogP contribution < -0.4 is 10.6 Å². The second-order valence-corrected chi connectivity index (χ2v) is 5.00. The van der Waals surface area contributed by atoms with Crippen LogP contribution in [-0.4, -0.2) is 24.9 Å². The summed E-state index contributed by atoms with van der Waals surface area (Å²) in [5.41, 5.74) is 2.12. The van der Waals surface area contributed by atoms with Crippen molar-refractivity contribution in [2.24, 2.45) is 0 Å². The highest BCUT2D eigenvalue weighted by Crippen LogP contribution is 2.03. The number of carbonyl (C=O) groups excluding carboxylic acids is 2. The average Bonchev–Trinajstić information content (AvgIpc) is 2.44. The zero-order valence-corrected chi connectivity index (χ0v) is 12.4. The molecule has 1 rings (SSSR count). The second-order valence-electron chi connectivity index (χ2n) is 5.00. The van der Waals surface area contributed by atoms with Crippen LogP contribution in [0.15, 0.2) is 24.3 Å². The first-order valence-corrected chi connectivity index (χ1v) is 7.20. The van der Waals surface area contributed by atoms with E-state index in [4.69, 9.17) is 0 Å². The molecular formula is C16H24N2O2. The number of aryl methyl sites for hydroxylation is 1. The summed E-state index contributed by atoms with van der Waals surface area (Å²) in [6.07, 6.45) is 3.53. The minimum Gasteiger partial charge on any atom is -0.355 e. The van der Waals surface area contributed by atoms with Crippen LogP contribution in [0.1, 0.15) is 37.3 Å². The van der Waals surface area contributed by atoms with Gasteiger partial charge in [-0.25, -0.2) is 0 Å². The third-order valence-corrected chi connectivity index (χ3v) is 3.03. The molecule has 0 aliphatic rings. The van der Waals surface area contributed by atoms with E-state index in [9.17, 15) is 9.59 Å². The first kappa shape index (κ1) is 16.2. The first-order chi connectivity index (χ1) is 9.61. The van der Waals surface area contributed by atoms with E-state index in [0.29, 0.717) is 13.0 Å². The van der Waals surface area contributed by atoms with Crippen LogP contribution in [0.5, 0.6) is 0 Å². The summed E-state index contributed by atoms with van der Waals surface area (Å²) in [5.74, 6) is -0.254. The zero-order chi connectivity index (χ0) is 14.8. The maximum absolute atomic E-state index is 11.7. The molecule has 0 aliphatic carbocycles. The van der Waals surface area contributed by atoms with Gasteiger partial charge in [-0.15, -0.1) is 0 Å². The maximum atomic E-state index is 11.7. The smallest absolute Gasteiger partial charge is 0.239 e. The Morgan fingerprint density at radius 3 is 2.35 bits per heavy atom. The molecule has 1 aromatic carbocycles. The second kappa shape index (κ2) is 9.13. The van der Waals surface area contributed by atoms with E-state index < -0.39 is 0 Å². The van der Waals surface area contributed by atoms with Crippen LogP contribution >= 0.6 is 0 Å². The highest BCUT2D eigenvalue weighted by molar-refractivity contribution is 5.85. The number of amides is 2. The molecule has 0 aliphatic heterocycles. The van der Waals surface area contributed by atoms with Crippen molar-refractivity contribution in [2.75, 3.05) is 13.1 Å². The molecule has 2 amide bonds. The van der Waals surface area contributed by atoms with Crippen molar-refractivity contribution in [1.82, 2.24) is 10.6 Å². The van der Waals surface area contributed by atoms with E-state index >= 15 is 0 Å². The van der Waals surface area contributed by atoms with Gasteiger partial charge in [0.15, 0.2) is 0 Å². The predicted octanol–water partition coefficient (Wildman–Crippen LogP) is 1.96. The van der Waals surface area contributed by atoms with Crippen molar-refractivity contribution in [3.05, 3.63) is 35.4 Å². The highest BCUT2D eigenvalue weighted by Gasteiger charge is 2.06. The summed E-state index contributed by atoms with van der Waals surface area (Å²) in [6, 6.07) is 7.81. The number of unbranched alkanes of at least 4 members (excludes halogenated alkanes) is 2. The van der Waals surface area contributed by atoms with Crippen molar-refractivity contribution < 1.29 is 9.59 Å². The molecule has 0 heterocycles. The van der Waals surface area contributed by atoms with Crippen LogP contribution in [-0.2, 0) is 16.0 Å². The summed E-state index contributed by atoms with van der Waals surface area (Å²) in [7, 11) is 0. The lowest BCUT2D eigenvalue weighted by Gasteiger charge is -2.07. The molecule has 0 fully saturated rings. The van der Waals surface area contributed by atoms with Crippen molar-refractivity contribution in [2.45, 2.75) is 39.5 Å². The fraction of sp³-hybridized carbons (Fsp3) is 0.500. The van der Waals surface area contributed by atoms with E-state index in [-0.39, 0.29) is 18.4 Å². The van der Waals surface area contributed by atoms with Crippen LogP contribution in [0.3, 0.4) is 0 Å². The normalized spacial score (nSPS) is 10.1. The summed E-state index contributed by atoms with van der Waals surface area (Å²) >= 11 is 0. The topological polar surface area (TPSA) is 58.2 Å². The van der Waals surface area contributed by atoms with Gasteiger partial charge in [0.1, 0.15) is 0 Å². The largest absolute Gasteiger partial charge is 0.355 e. The maximum Gasteiger partial charge on any atom is 0.239 e. The van der Waals surface area contributed by atoms with E-state index in [0.717, 1.165) is 24.8 Å². The Morgan fingerprint density at radius 2 is 1.70 bits per heavy atom. The van der Waals surface area contributed by atoms with Crippen LogP contribution in [0.2, 0.25) is 0 Å². The molecule has 0 atom stereocenters. The zero-order valence-electron chi connectivity index (χ0n) is 12.4. The van der Waals surface area contributed by atoms with Crippen molar-refractivity contribution in [3.8, 4) is 0 Å². The van der Waals surface area contributed by atoms with Gasteiger partial charge in [-0.3, -0.25) is 9.59 Å². The Morgan fingerprint density at radius 1 is 1.00 bits per heavy atom. The minimum atomic E-state index is -0.127. The molecule has 4 heteroatoms. The van der Waals surface area contributed by atoms with Gasteiger partial charge in [-0.1, -0.05) is 49.6 Å². The number of hydrogen-bond acceptors (Lipinski definition) is 2. The SMILES string of the molecule is CCCCCNC(=O)CNC(=O)Cc1ccc(C)cc1. The first-order valence-electron chi connectivity index (χ1n) is 7.20. The lowest BCUT2D eigenvalue weighted by Crippen LogP contribution is -2.37. The molecule has 0 bridgehead atoms. The van der Waals surface area contributed by atoms with Gasteiger partial charge in [0.25, 0.3) is 0 Å². The van der Waals surface area contributed by atoms with Gasteiger partial charge in [-0.2, -0.15) is 0 Å². The molecule has 0 aromatic heterocycles. The Kier molecular flexibility index (Phi) is 7.40. The summed E-state index contributed by atoms with van der Waals surface area (Å²) in [4.78, 5) is 23.2. The lowest BCUT2D eigenvalue weighted by atomic mass is 10.1. The lowest BCUT2D eigenvalue weighted by molar-refractivity contribution is -0.125. The van der Waals surface area contributed by atoms with E-state index in [1.54, 1.807) is 0 Å². The Balaban J connectivity index is 2.19. The monoisotopic (exact) mass is 276 g/mol. The average molecular weight is 276 g/mol. The van der Waals surface area contributed by atoms with Crippen LogP contribution in [0, 0.1) is 6.92 Å². The van der Waals surface area contributed by atoms with Gasteiger partial charge in [0.05, 0.1) is 13.0 Å². The molecule has 20 heavy (non-hydrogen) atoms. The number of benzene rings is 1. The van der Waals surface area contributed by atoms with Gasteiger partial charge < -0.3 is 10.6 Å². The van der Waals surface area contributed by atoms with Crippen molar-refractivity contribution in [3.63, 3.8) is 0 Å². The number of rotatable bonds is 8. The number of hydrogen-bond donors (Lipinski definition) is 2. The Labute approximate surface area is 121 Å². The van der Waals surface area contributed by atoms with Gasteiger partial charge in [0.2, 0.25) is 11.8 Å². The summed E-state index contributed by atoms with van der Waals surface area (Å²) in [5, 5.41) is 5.43. The van der Waals surface area contributed by atoms with Gasteiger partial charge in [-0.05, 0) is 18.9 Å². The highest BCUT2D eigenvalue weighted by atomic mass is 16.2. The summed E-state index contributed by atoms with van der Waals surface area (Å²) in [6.45, 7) is 4.86. The third kappa shape index (κ3) is 6.92. The molecule has 110 valence electrons.